The van der Waals surface area contributed by atoms with Crippen LogP contribution in [0, 0.1) is 5.82 Å². The molecule has 1 rings (SSSR count). The molecule has 70 valence electrons. The lowest BCUT2D eigenvalue weighted by Gasteiger charge is -2.03. The molecule has 3 N–H and O–H groups in total. The summed E-state index contributed by atoms with van der Waals surface area (Å²) in [5.74, 6) is 4.23. The average molecular weight is 184 g/mol. The van der Waals surface area contributed by atoms with Crippen molar-refractivity contribution >= 4 is 5.91 Å². The molecule has 5 heteroatoms. The lowest BCUT2D eigenvalue weighted by molar-refractivity contribution is -0.123. The fraction of sp³-hybridized carbons (Fsp3) is 0.125. The summed E-state index contributed by atoms with van der Waals surface area (Å²) >= 11 is 0. The van der Waals surface area contributed by atoms with E-state index < -0.39 is 11.7 Å². The zero-order valence-corrected chi connectivity index (χ0v) is 6.79. The smallest absolute Gasteiger partial charge is 0.271 e. The van der Waals surface area contributed by atoms with E-state index >= 15 is 0 Å². The highest BCUT2D eigenvalue weighted by Gasteiger charge is 2.00. The highest BCUT2D eigenvalue weighted by atomic mass is 19.1. The topological polar surface area (TPSA) is 64.3 Å². The summed E-state index contributed by atoms with van der Waals surface area (Å²) in [7, 11) is 0. The molecule has 1 aromatic carbocycles. The van der Waals surface area contributed by atoms with Crippen molar-refractivity contribution in [1.82, 2.24) is 5.43 Å². The van der Waals surface area contributed by atoms with Crippen LogP contribution in [0.25, 0.3) is 0 Å². The van der Waals surface area contributed by atoms with E-state index in [0.717, 1.165) is 0 Å². The minimum atomic E-state index is -0.468. The third-order valence-corrected chi connectivity index (χ3v) is 1.33. The van der Waals surface area contributed by atoms with Gasteiger partial charge in [0.15, 0.2) is 6.61 Å². The Morgan fingerprint density at radius 3 is 3.00 bits per heavy atom. The monoisotopic (exact) mass is 184 g/mol. The van der Waals surface area contributed by atoms with Gasteiger partial charge in [0.2, 0.25) is 0 Å². The zero-order chi connectivity index (χ0) is 9.68. The number of benzene rings is 1. The first-order valence-corrected chi connectivity index (χ1v) is 3.60. The maximum Gasteiger partial charge on any atom is 0.271 e. The van der Waals surface area contributed by atoms with Crippen LogP contribution in [0.15, 0.2) is 24.3 Å². The third-order valence-electron chi connectivity index (χ3n) is 1.33. The number of nitrogens with two attached hydrogens (primary N) is 1. The van der Waals surface area contributed by atoms with E-state index in [1.54, 1.807) is 6.07 Å². The first-order valence-electron chi connectivity index (χ1n) is 3.60. The largest absolute Gasteiger partial charge is 0.484 e. The summed E-state index contributed by atoms with van der Waals surface area (Å²) in [6, 6.07) is 5.51. The molecule has 1 amide bonds. The van der Waals surface area contributed by atoms with Gasteiger partial charge in [-0.15, -0.1) is 0 Å². The highest BCUT2D eigenvalue weighted by Crippen LogP contribution is 2.11. The molecule has 0 spiro atoms. The van der Waals surface area contributed by atoms with Crippen LogP contribution in [0.3, 0.4) is 0 Å². The van der Waals surface area contributed by atoms with Crippen molar-refractivity contribution in [2.24, 2.45) is 5.84 Å². The second kappa shape index (κ2) is 4.42. The van der Waals surface area contributed by atoms with Gasteiger partial charge in [-0.25, -0.2) is 10.2 Å². The van der Waals surface area contributed by atoms with Crippen molar-refractivity contribution in [2.45, 2.75) is 0 Å². The van der Waals surface area contributed by atoms with Crippen LogP contribution in [0.1, 0.15) is 0 Å². The maximum atomic E-state index is 12.6. The lowest BCUT2D eigenvalue weighted by Crippen LogP contribution is -2.34. The van der Waals surface area contributed by atoms with Crippen LogP contribution in [0.2, 0.25) is 0 Å². The van der Waals surface area contributed by atoms with Gasteiger partial charge in [-0.3, -0.25) is 10.2 Å². The molecule has 0 aliphatic carbocycles. The van der Waals surface area contributed by atoms with Gasteiger partial charge in [-0.1, -0.05) is 6.07 Å². The van der Waals surface area contributed by atoms with E-state index in [2.05, 4.69) is 0 Å². The quantitative estimate of drug-likeness (QED) is 0.400. The summed E-state index contributed by atoms with van der Waals surface area (Å²) in [6.45, 7) is -0.222. The number of halogens is 1. The molecule has 0 heterocycles. The van der Waals surface area contributed by atoms with Crippen molar-refractivity contribution in [3.05, 3.63) is 30.1 Å². The number of hydrogen-bond acceptors (Lipinski definition) is 3. The summed E-state index contributed by atoms with van der Waals surface area (Å²) in [5, 5.41) is 0. The Hall–Kier alpha value is -1.62. The Labute approximate surface area is 74.5 Å². The third kappa shape index (κ3) is 3.08. The molecule has 0 aliphatic rings. The Balaban J connectivity index is 2.50. The molecular formula is C8H9FN2O2. The van der Waals surface area contributed by atoms with Gasteiger partial charge in [0, 0.05) is 6.07 Å². The van der Waals surface area contributed by atoms with Gasteiger partial charge >= 0.3 is 0 Å². The number of ether oxygens (including phenoxy) is 1. The van der Waals surface area contributed by atoms with E-state index in [1.165, 1.54) is 18.2 Å². The lowest BCUT2D eigenvalue weighted by atomic mass is 10.3. The van der Waals surface area contributed by atoms with Crippen LogP contribution < -0.4 is 16.0 Å². The van der Waals surface area contributed by atoms with E-state index in [0.29, 0.717) is 5.75 Å². The van der Waals surface area contributed by atoms with Gasteiger partial charge in [0.05, 0.1) is 0 Å². The molecule has 0 radical (unpaired) electrons. The first-order chi connectivity index (χ1) is 6.22. The van der Waals surface area contributed by atoms with Crippen LogP contribution in [0.5, 0.6) is 5.75 Å². The standard InChI is InChI=1S/C8H9FN2O2/c9-6-2-1-3-7(4-6)13-5-8(12)11-10/h1-4H,5,10H2,(H,11,12). The van der Waals surface area contributed by atoms with Gasteiger partial charge in [-0.05, 0) is 12.1 Å². The van der Waals surface area contributed by atoms with Crippen LogP contribution in [0.4, 0.5) is 4.39 Å². The van der Waals surface area contributed by atoms with E-state index in [1.807, 2.05) is 5.43 Å². The number of carbonyl (C=O) groups is 1. The summed E-state index contributed by atoms with van der Waals surface area (Å²) in [4.78, 5) is 10.6. The number of amides is 1. The second-order valence-electron chi connectivity index (χ2n) is 2.31. The molecule has 0 bridgehead atoms. The molecule has 0 aliphatic heterocycles. The van der Waals surface area contributed by atoms with Gasteiger partial charge in [-0.2, -0.15) is 0 Å². The minimum absolute atomic E-state index is 0.222. The molecule has 0 fully saturated rings. The Morgan fingerprint density at radius 2 is 2.38 bits per heavy atom. The number of rotatable bonds is 3. The normalized spacial score (nSPS) is 9.38. The molecule has 0 saturated heterocycles. The molecule has 0 atom stereocenters. The fourth-order valence-electron chi connectivity index (χ4n) is 0.747. The second-order valence-corrected chi connectivity index (χ2v) is 2.31. The van der Waals surface area contributed by atoms with Crippen molar-refractivity contribution in [1.29, 1.82) is 0 Å². The van der Waals surface area contributed by atoms with Crippen molar-refractivity contribution < 1.29 is 13.9 Å². The Kier molecular flexibility index (Phi) is 3.22. The van der Waals surface area contributed by atoms with Crippen molar-refractivity contribution in [3.8, 4) is 5.75 Å². The molecule has 4 nitrogen and oxygen atoms in total. The fourth-order valence-corrected chi connectivity index (χ4v) is 0.747. The van der Waals surface area contributed by atoms with Gasteiger partial charge < -0.3 is 4.74 Å². The SMILES string of the molecule is NNC(=O)COc1cccc(F)c1. The molecular weight excluding hydrogens is 175 g/mol. The van der Waals surface area contributed by atoms with Crippen molar-refractivity contribution in [3.63, 3.8) is 0 Å². The predicted molar refractivity (Wildman–Crippen MR) is 44.2 cm³/mol. The molecule has 0 saturated carbocycles. The number of carbonyl (C=O) groups excluding carboxylic acids is 1. The average Bonchev–Trinajstić information content (AvgIpc) is 2.14. The molecule has 0 unspecified atom stereocenters. The number of hydrogen-bond donors (Lipinski definition) is 2. The minimum Gasteiger partial charge on any atom is -0.484 e. The van der Waals surface area contributed by atoms with Crippen molar-refractivity contribution in [2.75, 3.05) is 6.61 Å². The number of nitrogens with one attached hydrogen (secondary N) is 1. The van der Waals surface area contributed by atoms with E-state index in [9.17, 15) is 9.18 Å². The predicted octanol–water partition coefficient (Wildman–Crippen LogP) is 0.194. The van der Waals surface area contributed by atoms with Crippen LogP contribution >= 0.6 is 0 Å². The Morgan fingerprint density at radius 1 is 1.62 bits per heavy atom. The molecule has 1 aromatic rings. The molecule has 13 heavy (non-hydrogen) atoms. The highest BCUT2D eigenvalue weighted by molar-refractivity contribution is 5.76. The van der Waals surface area contributed by atoms with Gasteiger partial charge in [0.1, 0.15) is 11.6 Å². The number of hydrazine groups is 1. The maximum absolute atomic E-state index is 12.6. The van der Waals surface area contributed by atoms with Crippen LogP contribution in [-0.4, -0.2) is 12.5 Å². The summed E-state index contributed by atoms with van der Waals surface area (Å²) in [5.41, 5.74) is 1.89. The Bertz CT molecular complexity index is 304. The van der Waals surface area contributed by atoms with Crippen LogP contribution in [-0.2, 0) is 4.79 Å². The first kappa shape index (κ1) is 9.47. The van der Waals surface area contributed by atoms with E-state index in [4.69, 9.17) is 10.6 Å². The van der Waals surface area contributed by atoms with E-state index in [-0.39, 0.29) is 6.61 Å². The molecule has 0 aromatic heterocycles. The summed E-state index contributed by atoms with van der Waals surface area (Å²) in [6.07, 6.45) is 0. The zero-order valence-electron chi connectivity index (χ0n) is 6.79. The summed E-state index contributed by atoms with van der Waals surface area (Å²) < 4.78 is 17.5. The van der Waals surface area contributed by atoms with Gasteiger partial charge in [0.25, 0.3) is 5.91 Å².